The molecule has 0 aliphatic carbocycles. The Balaban J connectivity index is 2.71. The third-order valence-corrected chi connectivity index (χ3v) is 2.91. The fourth-order valence-electron chi connectivity index (χ4n) is 1.74. The van der Waals surface area contributed by atoms with Crippen LogP contribution in [0.2, 0.25) is 0 Å². The van der Waals surface area contributed by atoms with E-state index in [1.165, 1.54) is 0 Å². The molecule has 0 radical (unpaired) electrons. The van der Waals surface area contributed by atoms with E-state index < -0.39 is 23.2 Å². The van der Waals surface area contributed by atoms with Gasteiger partial charge in [0.25, 0.3) is 0 Å². The van der Waals surface area contributed by atoms with Gasteiger partial charge < -0.3 is 15.3 Å². The van der Waals surface area contributed by atoms with E-state index in [4.69, 9.17) is 5.11 Å². The molecule has 0 saturated heterocycles. The number of carbonyl (C=O) groups is 1. The number of hydrogen-bond donors (Lipinski definition) is 2. The highest BCUT2D eigenvalue weighted by Gasteiger charge is 2.14. The van der Waals surface area contributed by atoms with Crippen LogP contribution in [0.4, 0.5) is 14.5 Å². The number of likely N-dealkylation sites (N-methyl/N-ethyl adjacent to an activating group) is 1. The van der Waals surface area contributed by atoms with E-state index >= 15 is 0 Å². The topological polar surface area (TPSA) is 52.6 Å². The number of carboxylic acids is 1. The molecule has 1 rings (SSSR count). The Hall–Kier alpha value is -1.69. The van der Waals surface area contributed by atoms with Crippen molar-refractivity contribution in [2.45, 2.75) is 13.8 Å². The summed E-state index contributed by atoms with van der Waals surface area (Å²) in [6, 6.07) is 1.62. The third-order valence-electron chi connectivity index (χ3n) is 2.91. The summed E-state index contributed by atoms with van der Waals surface area (Å²) >= 11 is 0. The van der Waals surface area contributed by atoms with Crippen molar-refractivity contribution in [3.8, 4) is 0 Å². The van der Waals surface area contributed by atoms with E-state index in [0.29, 0.717) is 13.1 Å². The largest absolute Gasteiger partial charge is 0.478 e. The quantitative estimate of drug-likeness (QED) is 0.800. The molecule has 6 heteroatoms. The Morgan fingerprint density at radius 2 is 1.79 bits per heavy atom. The van der Waals surface area contributed by atoms with Crippen molar-refractivity contribution in [3.63, 3.8) is 0 Å². The second-order valence-corrected chi connectivity index (χ2v) is 4.07. The maximum atomic E-state index is 13.6. The fraction of sp³-hybridized carbons (Fsp3) is 0.462. The van der Waals surface area contributed by atoms with E-state index in [-0.39, 0.29) is 5.69 Å². The van der Waals surface area contributed by atoms with Crippen LogP contribution in [-0.2, 0) is 0 Å². The van der Waals surface area contributed by atoms with Gasteiger partial charge in [-0.3, -0.25) is 0 Å². The molecule has 1 aromatic carbocycles. The van der Waals surface area contributed by atoms with Gasteiger partial charge in [0.1, 0.15) is 17.3 Å². The molecule has 0 aliphatic rings. The Bertz CT molecular complexity index is 425. The number of aromatic carboxylic acids is 1. The van der Waals surface area contributed by atoms with Crippen LogP contribution in [0.15, 0.2) is 12.1 Å². The van der Waals surface area contributed by atoms with Crippen LogP contribution in [0.1, 0.15) is 24.2 Å². The van der Waals surface area contributed by atoms with E-state index in [1.54, 1.807) is 0 Å². The molecule has 0 spiro atoms. The first kappa shape index (κ1) is 15.4. The average molecular weight is 272 g/mol. The lowest BCUT2D eigenvalue weighted by molar-refractivity contribution is 0.0696. The standard InChI is InChI=1S/C13H18F2N2O2/c1-3-17(4-2)6-5-16-12-10(14)7-9(13(18)19)8-11(12)15/h7-8,16H,3-6H2,1-2H3,(H,18,19). The lowest BCUT2D eigenvalue weighted by Gasteiger charge is -2.18. The molecule has 2 N–H and O–H groups in total. The smallest absolute Gasteiger partial charge is 0.335 e. The first-order chi connectivity index (χ1) is 8.99. The molecule has 0 fully saturated rings. The maximum absolute atomic E-state index is 13.6. The number of carboxylic acid groups (broad SMARTS) is 1. The summed E-state index contributed by atoms with van der Waals surface area (Å²) in [6.45, 7) is 6.79. The zero-order chi connectivity index (χ0) is 14.4. The van der Waals surface area contributed by atoms with Crippen LogP contribution < -0.4 is 5.32 Å². The van der Waals surface area contributed by atoms with Gasteiger partial charge in [-0.15, -0.1) is 0 Å². The van der Waals surface area contributed by atoms with Gasteiger partial charge in [-0.05, 0) is 25.2 Å². The Morgan fingerprint density at radius 1 is 1.26 bits per heavy atom. The molecule has 0 atom stereocenters. The highest BCUT2D eigenvalue weighted by molar-refractivity contribution is 5.88. The molecule has 106 valence electrons. The summed E-state index contributed by atoms with van der Waals surface area (Å²) in [5.41, 5.74) is -0.679. The number of benzene rings is 1. The molecule has 0 heterocycles. The molecule has 0 aliphatic heterocycles. The van der Waals surface area contributed by atoms with E-state index in [1.807, 2.05) is 13.8 Å². The van der Waals surface area contributed by atoms with Crippen molar-refractivity contribution in [2.24, 2.45) is 0 Å². The van der Waals surface area contributed by atoms with Gasteiger partial charge in [0.05, 0.1) is 5.56 Å². The summed E-state index contributed by atoms with van der Waals surface area (Å²) in [7, 11) is 0. The molecule has 0 unspecified atom stereocenters. The number of nitrogens with one attached hydrogen (secondary N) is 1. The van der Waals surface area contributed by atoms with Gasteiger partial charge in [-0.2, -0.15) is 0 Å². The van der Waals surface area contributed by atoms with Crippen LogP contribution >= 0.6 is 0 Å². The number of halogens is 2. The molecule has 19 heavy (non-hydrogen) atoms. The molecule has 0 bridgehead atoms. The van der Waals surface area contributed by atoms with Crippen LogP contribution in [0.5, 0.6) is 0 Å². The second kappa shape index (κ2) is 7.04. The van der Waals surface area contributed by atoms with Crippen LogP contribution in [-0.4, -0.2) is 42.2 Å². The van der Waals surface area contributed by atoms with Crippen LogP contribution in [0.25, 0.3) is 0 Å². The highest BCUT2D eigenvalue weighted by Crippen LogP contribution is 2.20. The van der Waals surface area contributed by atoms with Gasteiger partial charge in [-0.25, -0.2) is 13.6 Å². The number of nitrogens with zero attached hydrogens (tertiary/aromatic N) is 1. The predicted octanol–water partition coefficient (Wildman–Crippen LogP) is 2.42. The molecule has 0 amide bonds. The number of rotatable bonds is 7. The lowest BCUT2D eigenvalue weighted by Crippen LogP contribution is -2.29. The molecular formula is C13H18F2N2O2. The molecule has 0 aromatic heterocycles. The van der Waals surface area contributed by atoms with Gasteiger partial charge in [0.2, 0.25) is 0 Å². The third kappa shape index (κ3) is 4.17. The van der Waals surface area contributed by atoms with Crippen LogP contribution in [0.3, 0.4) is 0 Å². The van der Waals surface area contributed by atoms with Crippen molar-refractivity contribution in [1.82, 2.24) is 4.90 Å². The molecule has 4 nitrogen and oxygen atoms in total. The van der Waals surface area contributed by atoms with E-state index in [0.717, 1.165) is 25.2 Å². The summed E-state index contributed by atoms with van der Waals surface area (Å²) in [5, 5.41) is 11.3. The highest BCUT2D eigenvalue weighted by atomic mass is 19.1. The molecular weight excluding hydrogens is 254 g/mol. The van der Waals surface area contributed by atoms with Crippen molar-refractivity contribution < 1.29 is 18.7 Å². The van der Waals surface area contributed by atoms with Gasteiger partial charge in [0, 0.05) is 13.1 Å². The monoisotopic (exact) mass is 272 g/mol. The lowest BCUT2D eigenvalue weighted by atomic mass is 10.2. The Labute approximate surface area is 111 Å². The van der Waals surface area contributed by atoms with Crippen LogP contribution in [0, 0.1) is 11.6 Å². The first-order valence-corrected chi connectivity index (χ1v) is 6.18. The first-order valence-electron chi connectivity index (χ1n) is 6.18. The van der Waals surface area contributed by atoms with Crippen molar-refractivity contribution in [1.29, 1.82) is 0 Å². The summed E-state index contributed by atoms with van der Waals surface area (Å²) in [5.74, 6) is -3.14. The van der Waals surface area contributed by atoms with Gasteiger partial charge >= 0.3 is 5.97 Å². The normalized spacial score (nSPS) is 10.8. The van der Waals surface area contributed by atoms with Gasteiger partial charge in [-0.1, -0.05) is 13.8 Å². The van der Waals surface area contributed by atoms with Crippen molar-refractivity contribution in [2.75, 3.05) is 31.5 Å². The molecule has 0 saturated carbocycles. The zero-order valence-electron chi connectivity index (χ0n) is 11.0. The average Bonchev–Trinajstić information content (AvgIpc) is 2.37. The van der Waals surface area contributed by atoms with E-state index in [2.05, 4.69) is 10.2 Å². The second-order valence-electron chi connectivity index (χ2n) is 4.07. The minimum Gasteiger partial charge on any atom is -0.478 e. The number of hydrogen-bond acceptors (Lipinski definition) is 3. The summed E-state index contributed by atoms with van der Waals surface area (Å²) < 4.78 is 27.2. The predicted molar refractivity (Wildman–Crippen MR) is 69.6 cm³/mol. The zero-order valence-corrected chi connectivity index (χ0v) is 11.0. The Kier molecular flexibility index (Phi) is 5.69. The minimum absolute atomic E-state index is 0.280. The summed E-state index contributed by atoms with van der Waals surface area (Å²) in [4.78, 5) is 12.7. The summed E-state index contributed by atoms with van der Waals surface area (Å²) in [6.07, 6.45) is 0. The fourth-order valence-corrected chi connectivity index (χ4v) is 1.74. The maximum Gasteiger partial charge on any atom is 0.335 e. The van der Waals surface area contributed by atoms with E-state index in [9.17, 15) is 13.6 Å². The number of anilines is 1. The minimum atomic E-state index is -1.35. The SMILES string of the molecule is CCN(CC)CCNc1c(F)cc(C(=O)O)cc1F. The van der Waals surface area contributed by atoms with Crippen molar-refractivity contribution >= 4 is 11.7 Å². The van der Waals surface area contributed by atoms with Crippen molar-refractivity contribution in [3.05, 3.63) is 29.3 Å². The Morgan fingerprint density at radius 3 is 2.21 bits per heavy atom. The molecule has 1 aromatic rings. The van der Waals surface area contributed by atoms with Gasteiger partial charge in [0.15, 0.2) is 0 Å².